The monoisotopic (exact) mass is 358 g/mol. The normalized spacial score (nSPS) is 19.2. The summed E-state index contributed by atoms with van der Waals surface area (Å²) in [5.41, 5.74) is -1.05. The molecule has 0 saturated carbocycles. The van der Waals surface area contributed by atoms with Crippen molar-refractivity contribution < 1.29 is 27.9 Å². The van der Waals surface area contributed by atoms with Crippen molar-refractivity contribution in [3.63, 3.8) is 0 Å². The fourth-order valence-corrected chi connectivity index (χ4v) is 2.85. The minimum atomic E-state index is -4.54. The zero-order valence-corrected chi connectivity index (χ0v) is 13.8. The second-order valence-corrected chi connectivity index (χ2v) is 6.18. The highest BCUT2D eigenvalue weighted by Crippen LogP contribution is 2.30. The van der Waals surface area contributed by atoms with Gasteiger partial charge in [0, 0.05) is 32.0 Å². The Bertz CT molecular complexity index is 634. The molecule has 0 aromatic heterocycles. The van der Waals surface area contributed by atoms with Gasteiger partial charge in [0.1, 0.15) is 0 Å². The summed E-state index contributed by atoms with van der Waals surface area (Å²) in [5.74, 6) is -0.808. The minimum Gasteiger partial charge on any atom is -0.378 e. The second-order valence-electron chi connectivity index (χ2n) is 6.18. The van der Waals surface area contributed by atoms with Crippen LogP contribution < -0.4 is 5.32 Å². The molecular formula is C17H21F3N2O3. The van der Waals surface area contributed by atoms with Gasteiger partial charge in [-0.3, -0.25) is 9.59 Å². The predicted octanol–water partition coefficient (Wildman–Crippen LogP) is 2.11. The maximum atomic E-state index is 12.7. The molecule has 1 aromatic carbocycles. The molecule has 1 aromatic rings. The van der Waals surface area contributed by atoms with E-state index in [4.69, 9.17) is 0 Å². The van der Waals surface area contributed by atoms with Crippen molar-refractivity contribution in [2.75, 3.05) is 19.6 Å². The van der Waals surface area contributed by atoms with Crippen LogP contribution in [0, 0.1) is 5.92 Å². The third-order valence-electron chi connectivity index (χ3n) is 4.13. The highest BCUT2D eigenvalue weighted by Gasteiger charge is 2.32. The van der Waals surface area contributed by atoms with Gasteiger partial charge < -0.3 is 15.3 Å². The SMILES string of the molecule is CCCN1CC(CNC(=O)C(O)c2cccc(C(F)(F)F)c2)CC1=O. The number of rotatable bonds is 6. The third kappa shape index (κ3) is 4.94. The molecule has 1 saturated heterocycles. The van der Waals surface area contributed by atoms with E-state index in [2.05, 4.69) is 5.32 Å². The van der Waals surface area contributed by atoms with Gasteiger partial charge >= 0.3 is 6.18 Å². The third-order valence-corrected chi connectivity index (χ3v) is 4.13. The van der Waals surface area contributed by atoms with E-state index in [0.717, 1.165) is 24.6 Å². The molecule has 8 heteroatoms. The van der Waals surface area contributed by atoms with Crippen molar-refractivity contribution in [2.24, 2.45) is 5.92 Å². The molecule has 1 aliphatic heterocycles. The molecule has 0 aliphatic carbocycles. The van der Waals surface area contributed by atoms with E-state index in [1.165, 1.54) is 6.07 Å². The lowest BCUT2D eigenvalue weighted by molar-refractivity contribution is -0.138. The predicted molar refractivity (Wildman–Crippen MR) is 84.4 cm³/mol. The van der Waals surface area contributed by atoms with Gasteiger partial charge in [-0.1, -0.05) is 19.1 Å². The Balaban J connectivity index is 1.92. The van der Waals surface area contributed by atoms with Crippen LogP contribution in [0.15, 0.2) is 24.3 Å². The van der Waals surface area contributed by atoms with Crippen molar-refractivity contribution in [2.45, 2.75) is 32.0 Å². The molecule has 25 heavy (non-hydrogen) atoms. The van der Waals surface area contributed by atoms with Gasteiger partial charge in [-0.25, -0.2) is 0 Å². The number of aliphatic hydroxyl groups excluding tert-OH is 1. The number of hydrogen-bond acceptors (Lipinski definition) is 3. The first-order valence-electron chi connectivity index (χ1n) is 8.13. The van der Waals surface area contributed by atoms with Crippen LogP contribution in [0.5, 0.6) is 0 Å². The molecule has 5 nitrogen and oxygen atoms in total. The number of aliphatic hydroxyl groups is 1. The van der Waals surface area contributed by atoms with Crippen LogP contribution >= 0.6 is 0 Å². The van der Waals surface area contributed by atoms with Crippen LogP contribution in [0.25, 0.3) is 0 Å². The Morgan fingerprint density at radius 1 is 1.44 bits per heavy atom. The van der Waals surface area contributed by atoms with Gasteiger partial charge in [0.2, 0.25) is 5.91 Å². The molecular weight excluding hydrogens is 337 g/mol. The Labute approximate surface area is 143 Å². The van der Waals surface area contributed by atoms with Gasteiger partial charge in [-0.05, 0) is 24.1 Å². The summed E-state index contributed by atoms with van der Waals surface area (Å²) in [6.45, 7) is 3.36. The standard InChI is InChI=1S/C17H21F3N2O3/c1-2-6-22-10-11(7-14(22)23)9-21-16(25)15(24)12-4-3-5-13(8-12)17(18,19)20/h3-5,8,11,15,24H,2,6-7,9-10H2,1H3,(H,21,25). The first-order valence-corrected chi connectivity index (χ1v) is 8.13. The Morgan fingerprint density at radius 2 is 2.16 bits per heavy atom. The topological polar surface area (TPSA) is 69.6 Å². The fourth-order valence-electron chi connectivity index (χ4n) is 2.85. The minimum absolute atomic E-state index is 0.0273. The van der Waals surface area contributed by atoms with Crippen LogP contribution in [0.4, 0.5) is 13.2 Å². The molecule has 2 atom stereocenters. The summed E-state index contributed by atoms with van der Waals surface area (Å²) >= 11 is 0. The molecule has 0 radical (unpaired) electrons. The molecule has 2 N–H and O–H groups in total. The van der Waals surface area contributed by atoms with E-state index in [0.29, 0.717) is 19.5 Å². The van der Waals surface area contributed by atoms with Crippen LogP contribution in [0.2, 0.25) is 0 Å². The first-order chi connectivity index (χ1) is 11.7. The molecule has 0 bridgehead atoms. The van der Waals surface area contributed by atoms with Crippen LogP contribution in [-0.4, -0.2) is 41.5 Å². The number of alkyl halides is 3. The van der Waals surface area contributed by atoms with Crippen molar-refractivity contribution >= 4 is 11.8 Å². The summed E-state index contributed by atoms with van der Waals surface area (Å²) in [4.78, 5) is 25.5. The van der Waals surface area contributed by atoms with Crippen molar-refractivity contribution in [1.29, 1.82) is 0 Å². The number of carbonyl (C=O) groups excluding carboxylic acids is 2. The molecule has 1 aliphatic rings. The average Bonchev–Trinajstić information content (AvgIpc) is 2.91. The highest BCUT2D eigenvalue weighted by atomic mass is 19.4. The summed E-state index contributed by atoms with van der Waals surface area (Å²) < 4.78 is 38.1. The maximum Gasteiger partial charge on any atom is 0.416 e. The van der Waals surface area contributed by atoms with Crippen molar-refractivity contribution in [1.82, 2.24) is 10.2 Å². The van der Waals surface area contributed by atoms with E-state index < -0.39 is 23.8 Å². The number of nitrogens with zero attached hydrogens (tertiary/aromatic N) is 1. The number of amides is 2. The average molecular weight is 358 g/mol. The van der Waals surface area contributed by atoms with Gasteiger partial charge in [-0.2, -0.15) is 13.2 Å². The lowest BCUT2D eigenvalue weighted by Crippen LogP contribution is -2.34. The largest absolute Gasteiger partial charge is 0.416 e. The van der Waals surface area contributed by atoms with Crippen molar-refractivity contribution in [3.8, 4) is 0 Å². The molecule has 0 spiro atoms. The van der Waals surface area contributed by atoms with E-state index in [1.54, 1.807) is 4.90 Å². The summed E-state index contributed by atoms with van der Waals surface area (Å²) in [5, 5.41) is 12.5. The molecule has 1 heterocycles. The smallest absolute Gasteiger partial charge is 0.378 e. The fraction of sp³-hybridized carbons (Fsp3) is 0.529. The molecule has 2 unspecified atom stereocenters. The molecule has 2 amide bonds. The zero-order valence-electron chi connectivity index (χ0n) is 13.8. The van der Waals surface area contributed by atoms with Gasteiger partial charge in [-0.15, -0.1) is 0 Å². The quantitative estimate of drug-likeness (QED) is 0.818. The van der Waals surface area contributed by atoms with Crippen LogP contribution in [-0.2, 0) is 15.8 Å². The number of benzene rings is 1. The van der Waals surface area contributed by atoms with E-state index in [-0.39, 0.29) is 23.9 Å². The lowest BCUT2D eigenvalue weighted by atomic mass is 10.0. The lowest BCUT2D eigenvalue weighted by Gasteiger charge is -2.17. The van der Waals surface area contributed by atoms with Gasteiger partial charge in [0.25, 0.3) is 5.91 Å². The molecule has 138 valence electrons. The highest BCUT2D eigenvalue weighted by molar-refractivity contribution is 5.82. The number of nitrogens with one attached hydrogen (secondary N) is 1. The Kier molecular flexibility index (Phi) is 6.05. The van der Waals surface area contributed by atoms with E-state index >= 15 is 0 Å². The number of carbonyl (C=O) groups is 2. The summed E-state index contributed by atoms with van der Waals surface area (Å²) in [6, 6.07) is 4.04. The van der Waals surface area contributed by atoms with Gasteiger partial charge in [0.05, 0.1) is 5.56 Å². The summed E-state index contributed by atoms with van der Waals surface area (Å²) in [7, 11) is 0. The molecule has 1 fully saturated rings. The van der Waals surface area contributed by atoms with E-state index in [1.807, 2.05) is 6.92 Å². The number of hydrogen-bond donors (Lipinski definition) is 2. The second kappa shape index (κ2) is 7.86. The zero-order chi connectivity index (χ0) is 18.6. The van der Waals surface area contributed by atoms with Crippen molar-refractivity contribution in [3.05, 3.63) is 35.4 Å². The maximum absolute atomic E-state index is 12.7. The Morgan fingerprint density at radius 3 is 2.80 bits per heavy atom. The van der Waals surface area contributed by atoms with Crippen LogP contribution in [0.3, 0.4) is 0 Å². The number of halogens is 3. The molecule has 2 rings (SSSR count). The summed E-state index contributed by atoms with van der Waals surface area (Å²) in [6.07, 6.45) is -5.07. The van der Waals surface area contributed by atoms with E-state index in [9.17, 15) is 27.9 Å². The number of likely N-dealkylation sites (tertiary alicyclic amines) is 1. The first kappa shape index (κ1) is 19.2. The van der Waals surface area contributed by atoms with Crippen LogP contribution in [0.1, 0.15) is 37.0 Å². The Hall–Kier alpha value is -2.09. The van der Waals surface area contributed by atoms with Gasteiger partial charge in [0.15, 0.2) is 6.10 Å².